The number of ether oxygens (including phenoxy) is 2. The van der Waals surface area contributed by atoms with Crippen LogP contribution in [0.4, 0.5) is 14.5 Å². The Morgan fingerprint density at radius 2 is 2.04 bits per heavy atom. The molecular weight excluding hydrogens is 382 g/mol. The molecule has 0 radical (unpaired) electrons. The Kier molecular flexibility index (Phi) is 5.54. The van der Waals surface area contributed by atoms with E-state index in [1.54, 1.807) is 7.11 Å². The van der Waals surface area contributed by atoms with E-state index in [0.717, 1.165) is 54.7 Å². The Morgan fingerprint density at radius 3 is 2.75 bits per heavy atom. The molecule has 0 saturated carbocycles. The largest absolute Gasteiger partial charge is 0.497 e. The maximum Gasteiger partial charge on any atom is 0.190 e. The Bertz CT molecular complexity index is 1020. The number of benzene rings is 2. The van der Waals surface area contributed by atoms with Crippen molar-refractivity contribution in [2.45, 2.75) is 25.5 Å². The maximum atomic E-state index is 14.1. The molecule has 1 aliphatic heterocycles. The molecule has 1 unspecified atom stereocenters. The van der Waals surface area contributed by atoms with Gasteiger partial charge in [0, 0.05) is 18.1 Å². The van der Waals surface area contributed by atoms with E-state index < -0.39 is 11.6 Å². The van der Waals surface area contributed by atoms with E-state index in [1.165, 1.54) is 11.3 Å². The summed E-state index contributed by atoms with van der Waals surface area (Å²) < 4.78 is 40.7. The second-order valence-corrected chi connectivity index (χ2v) is 7.42. The highest BCUT2D eigenvalue weighted by atomic mass is 32.1. The van der Waals surface area contributed by atoms with Gasteiger partial charge in [-0.2, -0.15) is 0 Å². The van der Waals surface area contributed by atoms with Crippen LogP contribution < -0.4 is 9.54 Å². The van der Waals surface area contributed by atoms with Crippen LogP contribution in [-0.4, -0.2) is 24.4 Å². The first-order chi connectivity index (χ1) is 13.6. The minimum Gasteiger partial charge on any atom is -0.497 e. The molecule has 4 rings (SSSR count). The normalized spacial score (nSPS) is 17.2. The van der Waals surface area contributed by atoms with Crippen LogP contribution in [0.2, 0.25) is 0 Å². The van der Waals surface area contributed by atoms with Crippen molar-refractivity contribution in [1.29, 1.82) is 0 Å². The Morgan fingerprint density at radius 1 is 1.21 bits per heavy atom. The van der Waals surface area contributed by atoms with Crippen molar-refractivity contribution in [2.75, 3.05) is 13.7 Å². The standard InChI is InChI=1S/C21H20F2N2O2S/c1-26-16-7-4-14(5-8-16)20-13-28-21(25(20)12-17-3-2-10-27-17)24-19-11-15(22)6-9-18(19)23/h4-9,11,13,17H,2-3,10,12H2,1H3. The number of hydrogen-bond acceptors (Lipinski definition) is 4. The molecule has 7 heteroatoms. The van der Waals surface area contributed by atoms with Gasteiger partial charge in [-0.25, -0.2) is 13.8 Å². The summed E-state index contributed by atoms with van der Waals surface area (Å²) in [6.45, 7) is 1.36. The predicted molar refractivity (Wildman–Crippen MR) is 105 cm³/mol. The molecule has 0 bridgehead atoms. The molecule has 2 heterocycles. The van der Waals surface area contributed by atoms with Crippen molar-refractivity contribution in [2.24, 2.45) is 4.99 Å². The van der Waals surface area contributed by atoms with Crippen LogP contribution in [0.1, 0.15) is 12.8 Å². The van der Waals surface area contributed by atoms with Gasteiger partial charge in [-0.05, 0) is 54.8 Å². The Labute approximate surface area is 165 Å². The van der Waals surface area contributed by atoms with E-state index in [0.29, 0.717) is 11.3 Å². The summed E-state index contributed by atoms with van der Waals surface area (Å²) >= 11 is 1.39. The monoisotopic (exact) mass is 402 g/mol. The van der Waals surface area contributed by atoms with Crippen LogP contribution in [0.3, 0.4) is 0 Å². The summed E-state index contributed by atoms with van der Waals surface area (Å²) in [7, 11) is 1.63. The number of halogens is 2. The van der Waals surface area contributed by atoms with E-state index in [2.05, 4.69) is 4.99 Å². The van der Waals surface area contributed by atoms with Gasteiger partial charge in [-0.3, -0.25) is 0 Å². The summed E-state index contributed by atoms with van der Waals surface area (Å²) in [5.41, 5.74) is 1.94. The average Bonchev–Trinajstić information content (AvgIpc) is 3.36. The maximum absolute atomic E-state index is 14.1. The third-order valence-electron chi connectivity index (χ3n) is 4.72. The van der Waals surface area contributed by atoms with E-state index >= 15 is 0 Å². The highest BCUT2D eigenvalue weighted by Crippen LogP contribution is 2.26. The summed E-state index contributed by atoms with van der Waals surface area (Å²) in [6.07, 6.45) is 2.08. The lowest BCUT2D eigenvalue weighted by molar-refractivity contribution is 0.0968. The van der Waals surface area contributed by atoms with Crippen molar-refractivity contribution < 1.29 is 18.3 Å². The summed E-state index contributed by atoms with van der Waals surface area (Å²) in [5, 5.41) is 1.98. The number of aromatic nitrogens is 1. The second kappa shape index (κ2) is 8.24. The molecule has 0 amide bonds. The molecule has 3 aromatic rings. The fraction of sp³-hybridized carbons (Fsp3) is 0.286. The molecule has 1 saturated heterocycles. The van der Waals surface area contributed by atoms with Gasteiger partial charge in [0.2, 0.25) is 0 Å². The van der Waals surface area contributed by atoms with Gasteiger partial charge in [0.05, 0.1) is 25.5 Å². The lowest BCUT2D eigenvalue weighted by atomic mass is 10.1. The average molecular weight is 402 g/mol. The molecule has 0 spiro atoms. The molecule has 0 aliphatic carbocycles. The highest BCUT2D eigenvalue weighted by molar-refractivity contribution is 7.07. The van der Waals surface area contributed by atoms with Gasteiger partial charge >= 0.3 is 0 Å². The summed E-state index contributed by atoms with van der Waals surface area (Å²) in [4.78, 5) is 5.01. The third kappa shape index (κ3) is 4.00. The van der Waals surface area contributed by atoms with Gasteiger partial charge in [0.25, 0.3) is 0 Å². The number of rotatable bonds is 5. The molecule has 1 aliphatic rings. The zero-order chi connectivity index (χ0) is 19.5. The molecular formula is C21H20F2N2O2S. The number of nitrogens with zero attached hydrogens (tertiary/aromatic N) is 2. The van der Waals surface area contributed by atoms with Crippen molar-refractivity contribution in [3.63, 3.8) is 0 Å². The highest BCUT2D eigenvalue weighted by Gasteiger charge is 2.19. The molecule has 0 N–H and O–H groups in total. The third-order valence-corrected chi connectivity index (χ3v) is 5.58. The fourth-order valence-corrected chi connectivity index (χ4v) is 4.19. The quantitative estimate of drug-likeness (QED) is 0.608. The lowest BCUT2D eigenvalue weighted by Crippen LogP contribution is -2.24. The van der Waals surface area contributed by atoms with Crippen LogP contribution in [0, 0.1) is 11.6 Å². The van der Waals surface area contributed by atoms with E-state index in [4.69, 9.17) is 9.47 Å². The van der Waals surface area contributed by atoms with Gasteiger partial charge in [0.1, 0.15) is 23.1 Å². The van der Waals surface area contributed by atoms with E-state index in [-0.39, 0.29) is 11.8 Å². The zero-order valence-corrected chi connectivity index (χ0v) is 16.2. The first kappa shape index (κ1) is 18.8. The predicted octanol–water partition coefficient (Wildman–Crippen LogP) is 4.91. The van der Waals surface area contributed by atoms with E-state index in [1.807, 2.05) is 34.2 Å². The molecule has 1 aromatic heterocycles. The van der Waals surface area contributed by atoms with Gasteiger partial charge < -0.3 is 14.0 Å². The molecule has 28 heavy (non-hydrogen) atoms. The van der Waals surface area contributed by atoms with Crippen LogP contribution in [-0.2, 0) is 11.3 Å². The number of thiazole rings is 1. The number of hydrogen-bond donors (Lipinski definition) is 0. The first-order valence-corrected chi connectivity index (χ1v) is 9.96. The van der Waals surface area contributed by atoms with Crippen LogP contribution >= 0.6 is 11.3 Å². The van der Waals surface area contributed by atoms with Gasteiger partial charge in [-0.15, -0.1) is 11.3 Å². The summed E-state index contributed by atoms with van der Waals surface area (Å²) in [5.74, 6) is -0.293. The van der Waals surface area contributed by atoms with Crippen molar-refractivity contribution in [3.8, 4) is 17.0 Å². The zero-order valence-electron chi connectivity index (χ0n) is 15.4. The van der Waals surface area contributed by atoms with E-state index in [9.17, 15) is 8.78 Å². The second-order valence-electron chi connectivity index (χ2n) is 6.59. The van der Waals surface area contributed by atoms with Gasteiger partial charge in [0.15, 0.2) is 4.80 Å². The van der Waals surface area contributed by atoms with Crippen molar-refractivity contribution in [1.82, 2.24) is 4.57 Å². The first-order valence-electron chi connectivity index (χ1n) is 9.08. The van der Waals surface area contributed by atoms with Crippen molar-refractivity contribution >= 4 is 17.0 Å². The SMILES string of the molecule is COc1ccc(-c2csc(=Nc3cc(F)ccc3F)n2CC2CCCO2)cc1. The fourth-order valence-electron chi connectivity index (χ4n) is 3.25. The van der Waals surface area contributed by atoms with Crippen molar-refractivity contribution in [3.05, 3.63) is 64.3 Å². The lowest BCUT2D eigenvalue weighted by Gasteiger charge is -2.14. The smallest absolute Gasteiger partial charge is 0.190 e. The Balaban J connectivity index is 1.80. The van der Waals surface area contributed by atoms with Crippen LogP contribution in [0.15, 0.2) is 52.8 Å². The molecule has 1 fully saturated rings. The molecule has 2 aromatic carbocycles. The molecule has 1 atom stereocenters. The minimum absolute atomic E-state index is 0.00998. The number of methoxy groups -OCH3 is 1. The van der Waals surface area contributed by atoms with Crippen LogP contribution in [0.5, 0.6) is 5.75 Å². The molecule has 146 valence electrons. The molecule has 4 nitrogen and oxygen atoms in total. The summed E-state index contributed by atoms with van der Waals surface area (Å²) in [6, 6.07) is 11.0. The Hall–Kier alpha value is -2.51. The van der Waals surface area contributed by atoms with Gasteiger partial charge in [-0.1, -0.05) is 0 Å². The topological polar surface area (TPSA) is 35.8 Å². The van der Waals surface area contributed by atoms with Crippen LogP contribution in [0.25, 0.3) is 11.3 Å². The minimum atomic E-state index is -0.551.